The summed E-state index contributed by atoms with van der Waals surface area (Å²) in [6, 6.07) is 13.0. The first-order valence-corrected chi connectivity index (χ1v) is 9.70. The number of carbonyl (C=O) groups excluding carboxylic acids is 1. The molecular weight excluding hydrogens is 370 g/mol. The lowest BCUT2D eigenvalue weighted by Crippen LogP contribution is -2.48. The van der Waals surface area contributed by atoms with Gasteiger partial charge >= 0.3 is 0 Å². The highest BCUT2D eigenvalue weighted by Crippen LogP contribution is 2.26. The maximum atomic E-state index is 13.4. The highest BCUT2D eigenvalue weighted by atomic mass is 16.5. The fourth-order valence-corrected chi connectivity index (χ4v) is 3.65. The van der Waals surface area contributed by atoms with E-state index in [2.05, 4.69) is 5.10 Å². The predicted molar refractivity (Wildman–Crippen MR) is 108 cm³/mol. The van der Waals surface area contributed by atoms with E-state index in [1.165, 1.54) is 0 Å². The van der Waals surface area contributed by atoms with E-state index in [1.807, 2.05) is 62.1 Å². The smallest absolute Gasteiger partial charge is 0.272 e. The molecule has 3 heterocycles. The summed E-state index contributed by atoms with van der Waals surface area (Å²) in [6.45, 7) is 6.94. The minimum atomic E-state index is -0.0788. The van der Waals surface area contributed by atoms with Gasteiger partial charge in [0.2, 0.25) is 0 Å². The molecule has 0 saturated carbocycles. The molecule has 0 N–H and O–H groups in total. The summed E-state index contributed by atoms with van der Waals surface area (Å²) in [5, 5.41) is 4.68. The number of morpholine rings is 1. The van der Waals surface area contributed by atoms with Crippen molar-refractivity contribution in [2.45, 2.75) is 33.0 Å². The second kappa shape index (κ2) is 7.75. The molecule has 2 atom stereocenters. The summed E-state index contributed by atoms with van der Waals surface area (Å²) in [4.78, 5) is 15.2. The molecule has 1 aliphatic heterocycles. The van der Waals surface area contributed by atoms with Crippen LogP contribution in [0.3, 0.4) is 0 Å². The van der Waals surface area contributed by atoms with Gasteiger partial charge in [-0.25, -0.2) is 4.68 Å². The first-order chi connectivity index (χ1) is 13.9. The second-order valence-electron chi connectivity index (χ2n) is 7.40. The van der Waals surface area contributed by atoms with E-state index in [4.69, 9.17) is 13.9 Å². The zero-order valence-electron chi connectivity index (χ0n) is 17.1. The normalized spacial score (nSPS) is 19.4. The van der Waals surface area contributed by atoms with Crippen LogP contribution in [0.1, 0.15) is 30.1 Å². The molecule has 0 spiro atoms. The van der Waals surface area contributed by atoms with E-state index in [9.17, 15) is 4.79 Å². The Bertz CT molecular complexity index is 995. The predicted octanol–water partition coefficient (Wildman–Crippen LogP) is 3.70. The summed E-state index contributed by atoms with van der Waals surface area (Å²) in [6.07, 6.45) is -0.0143. The van der Waals surface area contributed by atoms with Gasteiger partial charge in [0.1, 0.15) is 22.9 Å². The van der Waals surface area contributed by atoms with Gasteiger partial charge in [-0.15, -0.1) is 0 Å². The molecule has 1 aromatic carbocycles. The molecule has 2 aromatic heterocycles. The van der Waals surface area contributed by atoms with Crippen LogP contribution in [0, 0.1) is 6.92 Å². The third-order valence-corrected chi connectivity index (χ3v) is 4.95. The number of carbonyl (C=O) groups is 1. The van der Waals surface area contributed by atoms with E-state index in [1.54, 1.807) is 17.9 Å². The Morgan fingerprint density at radius 2 is 1.79 bits per heavy atom. The van der Waals surface area contributed by atoms with Gasteiger partial charge in [0.05, 0.1) is 25.0 Å². The van der Waals surface area contributed by atoms with Gasteiger partial charge in [-0.1, -0.05) is 0 Å². The van der Waals surface area contributed by atoms with Crippen LogP contribution < -0.4 is 4.74 Å². The third kappa shape index (κ3) is 3.91. The Morgan fingerprint density at radius 1 is 1.10 bits per heavy atom. The highest BCUT2D eigenvalue weighted by Gasteiger charge is 2.29. The summed E-state index contributed by atoms with van der Waals surface area (Å²) in [5.41, 5.74) is 1.88. The summed E-state index contributed by atoms with van der Waals surface area (Å²) < 4.78 is 18.4. The van der Waals surface area contributed by atoms with E-state index in [-0.39, 0.29) is 18.1 Å². The lowest BCUT2D eigenvalue weighted by molar-refractivity contribution is -0.0588. The van der Waals surface area contributed by atoms with Crippen molar-refractivity contribution in [2.24, 2.45) is 0 Å². The SMILES string of the molecule is COc1ccc(-n2nc(-c3ccc(C)o3)cc2C(=O)N2C[C@@H](C)O[C@@H](C)C2)cc1. The van der Waals surface area contributed by atoms with E-state index in [0.717, 1.165) is 17.2 Å². The first-order valence-electron chi connectivity index (χ1n) is 9.70. The molecule has 29 heavy (non-hydrogen) atoms. The number of ether oxygens (including phenoxy) is 2. The summed E-state index contributed by atoms with van der Waals surface area (Å²) >= 11 is 0. The van der Waals surface area contributed by atoms with Gasteiger partial charge in [0.15, 0.2) is 5.76 Å². The molecule has 4 rings (SSSR count). The van der Waals surface area contributed by atoms with Crippen LogP contribution in [0.5, 0.6) is 5.75 Å². The quantitative estimate of drug-likeness (QED) is 0.674. The van der Waals surface area contributed by atoms with Crippen LogP contribution in [0.4, 0.5) is 0 Å². The van der Waals surface area contributed by atoms with Crippen molar-refractivity contribution in [3.8, 4) is 22.9 Å². The standard InChI is InChI=1S/C22H25N3O4/c1-14-5-10-21(29-14)19-11-20(22(26)24-12-15(2)28-16(3)13-24)25(23-19)17-6-8-18(27-4)9-7-17/h5-11,15-16H,12-13H2,1-4H3/t15-,16+. The van der Waals surface area contributed by atoms with Crippen LogP contribution in [0.2, 0.25) is 0 Å². The van der Waals surface area contributed by atoms with Gasteiger partial charge in [0.25, 0.3) is 5.91 Å². The molecule has 0 radical (unpaired) electrons. The lowest BCUT2D eigenvalue weighted by Gasteiger charge is -2.35. The molecular formula is C22H25N3O4. The highest BCUT2D eigenvalue weighted by molar-refractivity contribution is 5.94. The topological polar surface area (TPSA) is 69.7 Å². The molecule has 3 aromatic rings. The fraction of sp³-hybridized carbons (Fsp3) is 0.364. The van der Waals surface area contributed by atoms with E-state index in [0.29, 0.717) is 30.2 Å². The molecule has 1 fully saturated rings. The number of aryl methyl sites for hydroxylation is 1. The Morgan fingerprint density at radius 3 is 2.38 bits per heavy atom. The second-order valence-corrected chi connectivity index (χ2v) is 7.40. The minimum absolute atomic E-state index is 0.00717. The van der Waals surface area contributed by atoms with Crippen molar-refractivity contribution in [2.75, 3.05) is 20.2 Å². The fourth-order valence-electron chi connectivity index (χ4n) is 3.65. The number of rotatable bonds is 4. The average molecular weight is 395 g/mol. The molecule has 7 nitrogen and oxygen atoms in total. The number of benzene rings is 1. The average Bonchev–Trinajstić information content (AvgIpc) is 3.33. The molecule has 0 bridgehead atoms. The van der Waals surface area contributed by atoms with E-state index < -0.39 is 0 Å². The molecule has 152 valence electrons. The molecule has 7 heteroatoms. The molecule has 1 aliphatic rings. The van der Waals surface area contributed by atoms with Crippen molar-refractivity contribution in [1.82, 2.24) is 14.7 Å². The number of aromatic nitrogens is 2. The Hall–Kier alpha value is -3.06. The zero-order valence-corrected chi connectivity index (χ0v) is 17.1. The largest absolute Gasteiger partial charge is 0.497 e. The van der Waals surface area contributed by atoms with Crippen LogP contribution in [-0.4, -0.2) is 53.0 Å². The monoisotopic (exact) mass is 395 g/mol. The van der Waals surface area contributed by atoms with Crippen LogP contribution in [-0.2, 0) is 4.74 Å². The number of nitrogens with zero attached hydrogens (tertiary/aromatic N) is 3. The van der Waals surface area contributed by atoms with Crippen LogP contribution in [0.25, 0.3) is 17.1 Å². The molecule has 0 aliphatic carbocycles. The van der Waals surface area contributed by atoms with Crippen molar-refractivity contribution >= 4 is 5.91 Å². The van der Waals surface area contributed by atoms with Crippen molar-refractivity contribution in [3.05, 3.63) is 53.9 Å². The lowest BCUT2D eigenvalue weighted by atomic mass is 10.2. The van der Waals surface area contributed by atoms with E-state index >= 15 is 0 Å². The molecule has 0 unspecified atom stereocenters. The van der Waals surface area contributed by atoms with Gasteiger partial charge in [0, 0.05) is 19.2 Å². The Kier molecular flexibility index (Phi) is 5.15. The minimum Gasteiger partial charge on any atom is -0.497 e. The number of hydrogen-bond acceptors (Lipinski definition) is 5. The number of hydrogen-bond donors (Lipinski definition) is 0. The number of amides is 1. The van der Waals surface area contributed by atoms with Crippen molar-refractivity contribution < 1.29 is 18.7 Å². The van der Waals surface area contributed by atoms with Crippen LogP contribution in [0.15, 0.2) is 46.9 Å². The summed E-state index contributed by atoms with van der Waals surface area (Å²) in [5.74, 6) is 2.09. The number of furan rings is 1. The molecule has 1 saturated heterocycles. The Balaban J connectivity index is 1.75. The third-order valence-electron chi connectivity index (χ3n) is 4.95. The van der Waals surface area contributed by atoms with Gasteiger partial charge in [-0.3, -0.25) is 4.79 Å². The van der Waals surface area contributed by atoms with Crippen molar-refractivity contribution in [3.63, 3.8) is 0 Å². The summed E-state index contributed by atoms with van der Waals surface area (Å²) in [7, 11) is 1.62. The van der Waals surface area contributed by atoms with Crippen molar-refractivity contribution in [1.29, 1.82) is 0 Å². The van der Waals surface area contributed by atoms with Gasteiger partial charge in [-0.05, 0) is 57.2 Å². The Labute approximate surface area is 169 Å². The maximum Gasteiger partial charge on any atom is 0.272 e. The number of methoxy groups -OCH3 is 1. The first kappa shape index (κ1) is 19.3. The maximum absolute atomic E-state index is 13.4. The van der Waals surface area contributed by atoms with Gasteiger partial charge in [-0.2, -0.15) is 5.10 Å². The molecule has 1 amide bonds. The van der Waals surface area contributed by atoms with Crippen LogP contribution >= 0.6 is 0 Å². The zero-order chi connectivity index (χ0) is 20.5. The van der Waals surface area contributed by atoms with Gasteiger partial charge < -0.3 is 18.8 Å².